The number of ether oxygens (including phenoxy) is 1. The molecule has 66 valence electrons. The van der Waals surface area contributed by atoms with E-state index in [9.17, 15) is 0 Å². The van der Waals surface area contributed by atoms with Crippen LogP contribution in [0.1, 0.15) is 33.1 Å². The second kappa shape index (κ2) is 4.73. The molecule has 0 aromatic rings. The van der Waals surface area contributed by atoms with E-state index in [-0.39, 0.29) is 0 Å². The van der Waals surface area contributed by atoms with Crippen LogP contribution in [-0.4, -0.2) is 25.3 Å². The van der Waals surface area contributed by atoms with Crippen molar-refractivity contribution >= 4 is 0 Å². The van der Waals surface area contributed by atoms with Gasteiger partial charge in [0.15, 0.2) is 0 Å². The van der Waals surface area contributed by atoms with Crippen molar-refractivity contribution in [3.63, 3.8) is 0 Å². The summed E-state index contributed by atoms with van der Waals surface area (Å²) in [5, 5.41) is 3.41. The lowest BCUT2D eigenvalue weighted by molar-refractivity contribution is -0.0155. The Balaban J connectivity index is 1.92. The fraction of sp³-hybridized carbons (Fsp3) is 1.00. The van der Waals surface area contributed by atoms with E-state index < -0.39 is 0 Å². The Morgan fingerprint density at radius 3 is 2.64 bits per heavy atom. The molecule has 1 N–H and O–H groups in total. The Hall–Kier alpha value is -0.0800. The van der Waals surface area contributed by atoms with Gasteiger partial charge in [0.2, 0.25) is 0 Å². The first-order valence-electron chi connectivity index (χ1n) is 4.71. The molecule has 0 aromatic heterocycles. The van der Waals surface area contributed by atoms with Gasteiger partial charge < -0.3 is 10.1 Å². The van der Waals surface area contributed by atoms with Gasteiger partial charge in [-0.1, -0.05) is 13.8 Å². The van der Waals surface area contributed by atoms with Crippen LogP contribution in [0, 0.1) is 0 Å². The van der Waals surface area contributed by atoms with Crippen LogP contribution >= 0.6 is 0 Å². The standard InChI is InChI=1S/C9H19NO/c1-3-5-11-9-6-8(7-9)10-4-2/h8-10H,3-7H2,1-2H3. The number of nitrogens with one attached hydrogen (secondary N) is 1. The minimum atomic E-state index is 0.555. The lowest BCUT2D eigenvalue weighted by Gasteiger charge is -2.35. The maximum absolute atomic E-state index is 5.56. The van der Waals surface area contributed by atoms with Crippen LogP contribution in [0.4, 0.5) is 0 Å². The summed E-state index contributed by atoms with van der Waals surface area (Å²) in [7, 11) is 0. The summed E-state index contributed by atoms with van der Waals surface area (Å²) < 4.78 is 5.56. The normalized spacial score (nSPS) is 30.0. The molecule has 0 heterocycles. The lowest BCUT2D eigenvalue weighted by Crippen LogP contribution is -2.45. The number of hydrogen-bond acceptors (Lipinski definition) is 2. The average Bonchev–Trinajstić information content (AvgIpc) is 1.94. The molecule has 1 aliphatic carbocycles. The van der Waals surface area contributed by atoms with Crippen molar-refractivity contribution < 1.29 is 4.74 Å². The van der Waals surface area contributed by atoms with Crippen LogP contribution in [0.15, 0.2) is 0 Å². The molecule has 2 heteroatoms. The van der Waals surface area contributed by atoms with E-state index in [1.165, 1.54) is 12.8 Å². The van der Waals surface area contributed by atoms with E-state index in [1.807, 2.05) is 0 Å². The number of hydrogen-bond donors (Lipinski definition) is 1. The SMILES string of the molecule is CCCOC1CC(NCC)C1. The minimum Gasteiger partial charge on any atom is -0.378 e. The Kier molecular flexibility index (Phi) is 3.87. The van der Waals surface area contributed by atoms with Gasteiger partial charge >= 0.3 is 0 Å². The van der Waals surface area contributed by atoms with Gasteiger partial charge in [0, 0.05) is 12.6 Å². The summed E-state index contributed by atoms with van der Waals surface area (Å²) >= 11 is 0. The molecule has 0 unspecified atom stereocenters. The van der Waals surface area contributed by atoms with Gasteiger partial charge in [-0.15, -0.1) is 0 Å². The van der Waals surface area contributed by atoms with E-state index in [1.54, 1.807) is 0 Å². The molecule has 1 aliphatic rings. The van der Waals surface area contributed by atoms with Gasteiger partial charge in [-0.2, -0.15) is 0 Å². The van der Waals surface area contributed by atoms with Crippen molar-refractivity contribution in [2.24, 2.45) is 0 Å². The van der Waals surface area contributed by atoms with E-state index in [0.29, 0.717) is 6.10 Å². The highest BCUT2D eigenvalue weighted by Gasteiger charge is 2.28. The third kappa shape index (κ3) is 2.80. The van der Waals surface area contributed by atoms with E-state index in [2.05, 4.69) is 19.2 Å². The van der Waals surface area contributed by atoms with Crippen molar-refractivity contribution in [2.75, 3.05) is 13.2 Å². The predicted octanol–water partition coefficient (Wildman–Crippen LogP) is 1.55. The van der Waals surface area contributed by atoms with Crippen LogP contribution in [-0.2, 0) is 4.74 Å². The Morgan fingerprint density at radius 1 is 1.36 bits per heavy atom. The van der Waals surface area contributed by atoms with Crippen LogP contribution in [0.3, 0.4) is 0 Å². The summed E-state index contributed by atoms with van der Waals surface area (Å²) in [5.74, 6) is 0. The summed E-state index contributed by atoms with van der Waals surface area (Å²) in [4.78, 5) is 0. The third-order valence-corrected chi connectivity index (χ3v) is 2.15. The molecule has 1 saturated carbocycles. The van der Waals surface area contributed by atoms with Crippen molar-refractivity contribution in [3.8, 4) is 0 Å². The minimum absolute atomic E-state index is 0.555. The average molecular weight is 157 g/mol. The number of rotatable bonds is 5. The molecule has 0 atom stereocenters. The predicted molar refractivity (Wildman–Crippen MR) is 46.7 cm³/mol. The summed E-state index contributed by atoms with van der Waals surface area (Å²) in [6.07, 6.45) is 4.13. The molecular formula is C9H19NO. The molecule has 0 aromatic carbocycles. The molecule has 0 amide bonds. The zero-order chi connectivity index (χ0) is 8.10. The van der Waals surface area contributed by atoms with Crippen molar-refractivity contribution in [1.29, 1.82) is 0 Å². The van der Waals surface area contributed by atoms with Gasteiger partial charge in [-0.3, -0.25) is 0 Å². The first-order valence-corrected chi connectivity index (χ1v) is 4.71. The second-order valence-electron chi connectivity index (χ2n) is 3.22. The molecule has 0 aliphatic heterocycles. The summed E-state index contributed by atoms with van der Waals surface area (Å²) in [6.45, 7) is 6.33. The molecule has 0 bridgehead atoms. The summed E-state index contributed by atoms with van der Waals surface area (Å²) in [5.41, 5.74) is 0. The van der Waals surface area contributed by atoms with Crippen molar-refractivity contribution in [1.82, 2.24) is 5.32 Å². The van der Waals surface area contributed by atoms with Crippen LogP contribution in [0.5, 0.6) is 0 Å². The van der Waals surface area contributed by atoms with E-state index in [4.69, 9.17) is 4.74 Å². The van der Waals surface area contributed by atoms with Crippen LogP contribution < -0.4 is 5.32 Å². The third-order valence-electron chi connectivity index (χ3n) is 2.15. The topological polar surface area (TPSA) is 21.3 Å². The molecule has 1 rings (SSSR count). The van der Waals surface area contributed by atoms with Crippen LogP contribution in [0.25, 0.3) is 0 Å². The van der Waals surface area contributed by atoms with Gasteiger partial charge in [-0.05, 0) is 25.8 Å². The highest BCUT2D eigenvalue weighted by atomic mass is 16.5. The maximum atomic E-state index is 5.56. The van der Waals surface area contributed by atoms with Gasteiger partial charge in [0.25, 0.3) is 0 Å². The van der Waals surface area contributed by atoms with Gasteiger partial charge in [0.1, 0.15) is 0 Å². The van der Waals surface area contributed by atoms with Gasteiger partial charge in [0.05, 0.1) is 6.10 Å². The van der Waals surface area contributed by atoms with E-state index >= 15 is 0 Å². The van der Waals surface area contributed by atoms with Crippen LogP contribution in [0.2, 0.25) is 0 Å². The molecular weight excluding hydrogens is 138 g/mol. The Labute approximate surface area is 69.3 Å². The van der Waals surface area contributed by atoms with Gasteiger partial charge in [-0.25, -0.2) is 0 Å². The highest BCUT2D eigenvalue weighted by Crippen LogP contribution is 2.22. The molecule has 2 nitrogen and oxygen atoms in total. The van der Waals surface area contributed by atoms with Crippen molar-refractivity contribution in [2.45, 2.75) is 45.3 Å². The highest BCUT2D eigenvalue weighted by molar-refractivity contribution is 4.85. The largest absolute Gasteiger partial charge is 0.378 e. The Morgan fingerprint density at radius 2 is 2.09 bits per heavy atom. The molecule has 11 heavy (non-hydrogen) atoms. The molecule has 0 spiro atoms. The monoisotopic (exact) mass is 157 g/mol. The van der Waals surface area contributed by atoms with Crippen molar-refractivity contribution in [3.05, 3.63) is 0 Å². The first kappa shape index (κ1) is 9.01. The first-order chi connectivity index (χ1) is 5.36. The lowest BCUT2D eigenvalue weighted by atomic mass is 9.89. The zero-order valence-electron chi connectivity index (χ0n) is 7.60. The van der Waals surface area contributed by atoms with E-state index in [0.717, 1.165) is 25.6 Å². The fourth-order valence-electron chi connectivity index (χ4n) is 1.44. The summed E-state index contributed by atoms with van der Waals surface area (Å²) in [6, 6.07) is 0.738. The smallest absolute Gasteiger partial charge is 0.0604 e. The quantitative estimate of drug-likeness (QED) is 0.654. The Bertz CT molecular complexity index is 99.7. The fourth-order valence-corrected chi connectivity index (χ4v) is 1.44. The molecule has 0 radical (unpaired) electrons. The second-order valence-corrected chi connectivity index (χ2v) is 3.22. The zero-order valence-corrected chi connectivity index (χ0v) is 7.60. The molecule has 0 saturated heterocycles. The molecule has 1 fully saturated rings. The maximum Gasteiger partial charge on any atom is 0.0604 e.